The minimum absolute atomic E-state index is 0.107. The number of nitro groups is 1. The number of piperidine rings is 1. The molecule has 2 heterocycles. The Bertz CT molecular complexity index is 681. The third-order valence-corrected chi connectivity index (χ3v) is 4.11. The molecule has 3 rings (SSSR count). The zero-order valence-electron chi connectivity index (χ0n) is 12.6. The van der Waals surface area contributed by atoms with Crippen LogP contribution in [0.15, 0.2) is 30.5 Å². The summed E-state index contributed by atoms with van der Waals surface area (Å²) in [6.45, 7) is 4.52. The molecule has 0 saturated carbocycles. The lowest BCUT2D eigenvalue weighted by atomic mass is 10.1. The van der Waals surface area contributed by atoms with E-state index in [1.54, 1.807) is 24.4 Å². The summed E-state index contributed by atoms with van der Waals surface area (Å²) in [5, 5.41) is 11.8. The van der Waals surface area contributed by atoms with Crippen molar-refractivity contribution in [1.82, 2.24) is 4.98 Å². The Morgan fingerprint density at radius 1 is 1.36 bits per heavy atom. The van der Waals surface area contributed by atoms with Crippen molar-refractivity contribution >= 4 is 22.3 Å². The van der Waals surface area contributed by atoms with Crippen molar-refractivity contribution in [2.75, 3.05) is 24.6 Å². The zero-order chi connectivity index (χ0) is 15.5. The van der Waals surface area contributed by atoms with Crippen LogP contribution in [0.2, 0.25) is 0 Å². The molecule has 0 N–H and O–H groups in total. The van der Waals surface area contributed by atoms with Gasteiger partial charge < -0.3 is 9.64 Å². The van der Waals surface area contributed by atoms with Crippen LogP contribution in [-0.2, 0) is 4.74 Å². The maximum atomic E-state index is 11.2. The Hall–Kier alpha value is -2.21. The molecule has 0 unspecified atom stereocenters. The van der Waals surface area contributed by atoms with Gasteiger partial charge in [-0.05, 0) is 38.0 Å². The van der Waals surface area contributed by atoms with Crippen molar-refractivity contribution in [2.24, 2.45) is 0 Å². The number of anilines is 1. The van der Waals surface area contributed by atoms with Crippen molar-refractivity contribution in [3.8, 4) is 0 Å². The molecule has 22 heavy (non-hydrogen) atoms. The smallest absolute Gasteiger partial charge is 0.278 e. The first-order chi connectivity index (χ1) is 10.7. The Balaban J connectivity index is 1.92. The number of fused-ring (bicyclic) bond motifs is 1. The Kier molecular flexibility index (Phi) is 4.20. The molecular formula is C16H19N3O3. The summed E-state index contributed by atoms with van der Waals surface area (Å²) in [5.74, 6) is 0. The highest BCUT2D eigenvalue weighted by molar-refractivity contribution is 5.97. The number of nitro benzene ring substituents is 1. The van der Waals surface area contributed by atoms with Crippen molar-refractivity contribution < 1.29 is 9.66 Å². The van der Waals surface area contributed by atoms with E-state index < -0.39 is 0 Å². The number of hydrogen-bond donors (Lipinski definition) is 0. The number of benzene rings is 1. The number of aromatic nitrogens is 1. The number of pyridine rings is 1. The van der Waals surface area contributed by atoms with Crippen LogP contribution in [0.25, 0.3) is 10.9 Å². The van der Waals surface area contributed by atoms with Gasteiger partial charge in [0.05, 0.1) is 22.1 Å². The van der Waals surface area contributed by atoms with Crippen molar-refractivity contribution in [3.63, 3.8) is 0 Å². The third-order valence-electron chi connectivity index (χ3n) is 4.11. The molecule has 6 heteroatoms. The molecule has 1 aliphatic heterocycles. The predicted molar refractivity (Wildman–Crippen MR) is 85.3 cm³/mol. The van der Waals surface area contributed by atoms with Gasteiger partial charge in [-0.3, -0.25) is 15.1 Å². The molecule has 1 fully saturated rings. The fraction of sp³-hybridized carbons (Fsp3) is 0.438. The highest BCUT2D eigenvalue weighted by Crippen LogP contribution is 2.33. The number of nitrogens with zero attached hydrogens (tertiary/aromatic N) is 3. The molecule has 0 aliphatic carbocycles. The fourth-order valence-corrected chi connectivity index (χ4v) is 3.06. The van der Waals surface area contributed by atoms with E-state index in [9.17, 15) is 10.1 Å². The lowest BCUT2D eigenvalue weighted by Crippen LogP contribution is -2.37. The standard InChI is InChI=1S/C16H19N3O3/c1-2-22-12-7-10-18(11-8-12)15-6-5-14(19(20)21)13-4-3-9-17-16(13)15/h3-6,9,12H,2,7-8,10-11H2,1H3. The van der Waals surface area contributed by atoms with Crippen LogP contribution in [0, 0.1) is 10.1 Å². The van der Waals surface area contributed by atoms with Crippen molar-refractivity contribution in [3.05, 3.63) is 40.6 Å². The molecule has 2 aromatic rings. The van der Waals surface area contributed by atoms with Gasteiger partial charge in [0.1, 0.15) is 5.52 Å². The second-order valence-electron chi connectivity index (χ2n) is 5.40. The third kappa shape index (κ3) is 2.74. The summed E-state index contributed by atoms with van der Waals surface area (Å²) in [6.07, 6.45) is 3.94. The Labute approximate surface area is 128 Å². The second-order valence-corrected chi connectivity index (χ2v) is 5.40. The van der Waals surface area contributed by atoms with Crippen LogP contribution in [0.4, 0.5) is 11.4 Å². The van der Waals surface area contributed by atoms with Crippen molar-refractivity contribution in [2.45, 2.75) is 25.9 Å². The van der Waals surface area contributed by atoms with Gasteiger partial charge in [0, 0.05) is 32.0 Å². The van der Waals surface area contributed by atoms with Gasteiger partial charge in [-0.25, -0.2) is 0 Å². The monoisotopic (exact) mass is 301 g/mol. The van der Waals surface area contributed by atoms with E-state index in [4.69, 9.17) is 4.74 Å². The van der Waals surface area contributed by atoms with Gasteiger partial charge in [-0.1, -0.05) is 0 Å². The molecule has 0 spiro atoms. The van der Waals surface area contributed by atoms with Gasteiger partial charge in [-0.15, -0.1) is 0 Å². The first-order valence-electron chi connectivity index (χ1n) is 7.59. The highest BCUT2D eigenvalue weighted by Gasteiger charge is 2.23. The maximum Gasteiger partial charge on any atom is 0.278 e. The molecular weight excluding hydrogens is 282 g/mol. The topological polar surface area (TPSA) is 68.5 Å². The van der Waals surface area contributed by atoms with Crippen LogP contribution < -0.4 is 4.90 Å². The van der Waals surface area contributed by atoms with Gasteiger partial charge in [-0.2, -0.15) is 0 Å². The fourth-order valence-electron chi connectivity index (χ4n) is 3.06. The first-order valence-corrected chi connectivity index (χ1v) is 7.59. The van der Waals surface area contributed by atoms with Crippen LogP contribution in [-0.4, -0.2) is 35.7 Å². The van der Waals surface area contributed by atoms with Crippen LogP contribution in [0.3, 0.4) is 0 Å². The second kappa shape index (κ2) is 6.27. The van der Waals surface area contributed by atoms with Crippen LogP contribution in [0.5, 0.6) is 0 Å². The number of hydrogen-bond acceptors (Lipinski definition) is 5. The molecule has 0 radical (unpaired) electrons. The van der Waals surface area contributed by atoms with Crippen LogP contribution in [0.1, 0.15) is 19.8 Å². The highest BCUT2D eigenvalue weighted by atomic mass is 16.6. The summed E-state index contributed by atoms with van der Waals surface area (Å²) in [4.78, 5) is 17.4. The minimum Gasteiger partial charge on any atom is -0.378 e. The van der Waals surface area contributed by atoms with Crippen molar-refractivity contribution in [1.29, 1.82) is 0 Å². The number of rotatable bonds is 4. The van der Waals surface area contributed by atoms with Gasteiger partial charge in [0.15, 0.2) is 0 Å². The quantitative estimate of drug-likeness (QED) is 0.641. The van der Waals surface area contributed by atoms with Gasteiger partial charge >= 0.3 is 0 Å². The molecule has 6 nitrogen and oxygen atoms in total. The summed E-state index contributed by atoms with van der Waals surface area (Å²) in [7, 11) is 0. The van der Waals surface area contributed by atoms with E-state index in [1.165, 1.54) is 0 Å². The summed E-state index contributed by atoms with van der Waals surface area (Å²) in [6, 6.07) is 6.89. The van der Waals surface area contributed by atoms with E-state index in [-0.39, 0.29) is 10.6 Å². The normalized spacial score (nSPS) is 16.1. The molecule has 1 aromatic heterocycles. The largest absolute Gasteiger partial charge is 0.378 e. The molecule has 1 aliphatic rings. The van der Waals surface area contributed by atoms with Gasteiger partial charge in [0.25, 0.3) is 5.69 Å². The van der Waals surface area contributed by atoms with E-state index >= 15 is 0 Å². The Morgan fingerprint density at radius 3 is 2.82 bits per heavy atom. The summed E-state index contributed by atoms with van der Waals surface area (Å²) in [5.41, 5.74) is 1.78. The molecule has 116 valence electrons. The average Bonchev–Trinajstić information content (AvgIpc) is 2.55. The first kappa shape index (κ1) is 14.7. The minimum atomic E-state index is -0.352. The summed E-state index contributed by atoms with van der Waals surface area (Å²) < 4.78 is 5.67. The van der Waals surface area contributed by atoms with Gasteiger partial charge in [0.2, 0.25) is 0 Å². The lowest BCUT2D eigenvalue weighted by molar-refractivity contribution is -0.383. The lowest BCUT2D eigenvalue weighted by Gasteiger charge is -2.33. The predicted octanol–water partition coefficient (Wildman–Crippen LogP) is 3.15. The molecule has 1 saturated heterocycles. The molecule has 0 atom stereocenters. The molecule has 0 bridgehead atoms. The van der Waals surface area contributed by atoms with E-state index in [1.807, 2.05) is 13.0 Å². The van der Waals surface area contributed by atoms with E-state index in [0.717, 1.165) is 38.2 Å². The SMILES string of the molecule is CCOC1CCN(c2ccc([N+](=O)[O-])c3cccnc23)CC1. The van der Waals surface area contributed by atoms with Crippen LogP contribution >= 0.6 is 0 Å². The Morgan fingerprint density at radius 2 is 2.14 bits per heavy atom. The number of non-ortho nitro benzene ring substituents is 1. The summed E-state index contributed by atoms with van der Waals surface area (Å²) >= 11 is 0. The molecule has 0 amide bonds. The van der Waals surface area contributed by atoms with E-state index in [0.29, 0.717) is 17.0 Å². The molecule has 1 aromatic carbocycles. The zero-order valence-corrected chi connectivity index (χ0v) is 12.6. The maximum absolute atomic E-state index is 11.2. The number of ether oxygens (including phenoxy) is 1. The average molecular weight is 301 g/mol. The van der Waals surface area contributed by atoms with E-state index in [2.05, 4.69) is 9.88 Å².